The minimum absolute atomic E-state index is 0.121. The summed E-state index contributed by atoms with van der Waals surface area (Å²) in [6, 6.07) is 4.94. The standard InChI is InChI=1S/C12H14FN3/c13-8-3-1-4-9-11(8)16-10(15-9)7-12(14)5-2-6-12/h1,3-4H,2,5-7,14H2,(H,15,16). The Balaban J connectivity index is 1.96. The molecular formula is C12H14FN3. The summed E-state index contributed by atoms with van der Waals surface area (Å²) in [7, 11) is 0. The molecule has 16 heavy (non-hydrogen) atoms. The first kappa shape index (κ1) is 9.78. The van der Waals surface area contributed by atoms with Crippen molar-refractivity contribution in [3.63, 3.8) is 0 Å². The molecule has 2 aromatic rings. The smallest absolute Gasteiger partial charge is 0.151 e. The van der Waals surface area contributed by atoms with E-state index in [-0.39, 0.29) is 11.4 Å². The molecule has 0 atom stereocenters. The van der Waals surface area contributed by atoms with Crippen LogP contribution in [0.25, 0.3) is 11.0 Å². The van der Waals surface area contributed by atoms with Gasteiger partial charge in [0.15, 0.2) is 5.82 Å². The van der Waals surface area contributed by atoms with Gasteiger partial charge in [-0.3, -0.25) is 0 Å². The van der Waals surface area contributed by atoms with Crippen molar-refractivity contribution < 1.29 is 4.39 Å². The molecule has 1 aliphatic rings. The number of hydrogen-bond donors (Lipinski definition) is 2. The van der Waals surface area contributed by atoms with Gasteiger partial charge < -0.3 is 10.7 Å². The monoisotopic (exact) mass is 219 g/mol. The van der Waals surface area contributed by atoms with Gasteiger partial charge in [0.2, 0.25) is 0 Å². The lowest BCUT2D eigenvalue weighted by Crippen LogP contribution is -2.48. The van der Waals surface area contributed by atoms with Crippen molar-refractivity contribution in [2.75, 3.05) is 0 Å². The maximum absolute atomic E-state index is 13.4. The van der Waals surface area contributed by atoms with Gasteiger partial charge in [-0.15, -0.1) is 0 Å². The van der Waals surface area contributed by atoms with Crippen LogP contribution in [0.5, 0.6) is 0 Å². The predicted octanol–water partition coefficient (Wildman–Crippen LogP) is 2.13. The van der Waals surface area contributed by atoms with Crippen LogP contribution in [-0.2, 0) is 6.42 Å². The number of imidazole rings is 1. The van der Waals surface area contributed by atoms with Gasteiger partial charge in [-0.05, 0) is 31.4 Å². The minimum atomic E-state index is -0.278. The van der Waals surface area contributed by atoms with E-state index in [2.05, 4.69) is 9.97 Å². The van der Waals surface area contributed by atoms with Crippen LogP contribution in [0.1, 0.15) is 25.1 Å². The first-order valence-electron chi connectivity index (χ1n) is 5.58. The molecule has 0 radical (unpaired) electrons. The molecule has 0 spiro atoms. The summed E-state index contributed by atoms with van der Waals surface area (Å²) in [5.41, 5.74) is 7.19. The normalized spacial score (nSPS) is 18.6. The van der Waals surface area contributed by atoms with Gasteiger partial charge in [-0.25, -0.2) is 9.37 Å². The second-order valence-corrected chi connectivity index (χ2v) is 4.71. The highest BCUT2D eigenvalue weighted by molar-refractivity contribution is 5.75. The zero-order valence-corrected chi connectivity index (χ0v) is 8.96. The van der Waals surface area contributed by atoms with E-state index < -0.39 is 0 Å². The van der Waals surface area contributed by atoms with Gasteiger partial charge in [-0.1, -0.05) is 6.07 Å². The van der Waals surface area contributed by atoms with Crippen molar-refractivity contribution in [1.29, 1.82) is 0 Å². The number of rotatable bonds is 2. The molecule has 84 valence electrons. The van der Waals surface area contributed by atoms with Gasteiger partial charge in [0.25, 0.3) is 0 Å². The average molecular weight is 219 g/mol. The molecule has 1 heterocycles. The number of nitrogens with zero attached hydrogens (tertiary/aromatic N) is 1. The van der Waals surface area contributed by atoms with Gasteiger partial charge in [0.1, 0.15) is 11.3 Å². The summed E-state index contributed by atoms with van der Waals surface area (Å²) < 4.78 is 13.4. The Morgan fingerprint density at radius 1 is 1.44 bits per heavy atom. The lowest BCUT2D eigenvalue weighted by Gasteiger charge is -2.37. The Morgan fingerprint density at radius 3 is 2.88 bits per heavy atom. The van der Waals surface area contributed by atoms with Crippen molar-refractivity contribution in [3.05, 3.63) is 29.8 Å². The van der Waals surface area contributed by atoms with Crippen LogP contribution in [0, 0.1) is 5.82 Å². The van der Waals surface area contributed by atoms with E-state index >= 15 is 0 Å². The zero-order chi connectivity index (χ0) is 11.2. The number of fused-ring (bicyclic) bond motifs is 1. The third-order valence-electron chi connectivity index (χ3n) is 3.38. The van der Waals surface area contributed by atoms with Crippen LogP contribution >= 0.6 is 0 Å². The Labute approximate surface area is 92.9 Å². The van der Waals surface area contributed by atoms with Gasteiger partial charge in [0, 0.05) is 12.0 Å². The summed E-state index contributed by atoms with van der Waals surface area (Å²) in [5, 5.41) is 0. The Kier molecular flexibility index (Phi) is 2.01. The van der Waals surface area contributed by atoms with E-state index in [1.807, 2.05) is 6.07 Å². The molecule has 1 saturated carbocycles. The van der Waals surface area contributed by atoms with Crippen molar-refractivity contribution in [3.8, 4) is 0 Å². The summed E-state index contributed by atoms with van der Waals surface area (Å²) in [5.74, 6) is 0.516. The van der Waals surface area contributed by atoms with E-state index in [1.54, 1.807) is 6.07 Å². The molecule has 0 unspecified atom stereocenters. The molecule has 4 heteroatoms. The second-order valence-electron chi connectivity index (χ2n) is 4.71. The fourth-order valence-electron chi connectivity index (χ4n) is 2.27. The third kappa shape index (κ3) is 1.50. The fraction of sp³-hybridized carbons (Fsp3) is 0.417. The van der Waals surface area contributed by atoms with E-state index in [0.717, 1.165) is 24.2 Å². The van der Waals surface area contributed by atoms with Crippen molar-refractivity contribution >= 4 is 11.0 Å². The lowest BCUT2D eigenvalue weighted by atomic mass is 9.75. The average Bonchev–Trinajstić information content (AvgIpc) is 2.59. The van der Waals surface area contributed by atoms with E-state index in [1.165, 1.54) is 12.5 Å². The maximum Gasteiger partial charge on any atom is 0.151 e. The summed E-state index contributed by atoms with van der Waals surface area (Å²) in [4.78, 5) is 7.40. The quantitative estimate of drug-likeness (QED) is 0.812. The van der Waals surface area contributed by atoms with Crippen LogP contribution in [0.4, 0.5) is 4.39 Å². The predicted molar refractivity (Wildman–Crippen MR) is 60.5 cm³/mol. The van der Waals surface area contributed by atoms with Gasteiger partial charge >= 0.3 is 0 Å². The van der Waals surface area contributed by atoms with E-state index in [0.29, 0.717) is 11.9 Å². The number of aromatic nitrogens is 2. The molecule has 1 aromatic carbocycles. The fourth-order valence-corrected chi connectivity index (χ4v) is 2.27. The van der Waals surface area contributed by atoms with Gasteiger partial charge in [0.05, 0.1) is 5.52 Å². The minimum Gasteiger partial charge on any atom is -0.342 e. The molecule has 0 bridgehead atoms. The molecule has 3 nitrogen and oxygen atoms in total. The maximum atomic E-state index is 13.4. The van der Waals surface area contributed by atoms with Crippen LogP contribution in [0.2, 0.25) is 0 Å². The van der Waals surface area contributed by atoms with Crippen LogP contribution in [0.15, 0.2) is 18.2 Å². The number of benzene rings is 1. The highest BCUT2D eigenvalue weighted by Gasteiger charge is 2.33. The number of halogens is 1. The number of H-pyrrole nitrogens is 1. The Hall–Kier alpha value is -1.42. The second kappa shape index (κ2) is 3.28. The number of nitrogens with one attached hydrogen (secondary N) is 1. The van der Waals surface area contributed by atoms with Crippen molar-refractivity contribution in [1.82, 2.24) is 9.97 Å². The topological polar surface area (TPSA) is 54.7 Å². The van der Waals surface area contributed by atoms with Gasteiger partial charge in [-0.2, -0.15) is 0 Å². The summed E-state index contributed by atoms with van der Waals surface area (Å²) in [6.07, 6.45) is 3.96. The van der Waals surface area contributed by atoms with Crippen LogP contribution in [-0.4, -0.2) is 15.5 Å². The third-order valence-corrected chi connectivity index (χ3v) is 3.38. The highest BCUT2D eigenvalue weighted by atomic mass is 19.1. The van der Waals surface area contributed by atoms with E-state index in [9.17, 15) is 4.39 Å². The summed E-state index contributed by atoms with van der Waals surface area (Å²) >= 11 is 0. The molecule has 1 fully saturated rings. The number of hydrogen-bond acceptors (Lipinski definition) is 2. The molecule has 0 amide bonds. The number of aromatic amines is 1. The summed E-state index contributed by atoms with van der Waals surface area (Å²) in [6.45, 7) is 0. The molecule has 3 N–H and O–H groups in total. The molecule has 3 rings (SSSR count). The van der Waals surface area contributed by atoms with Crippen LogP contribution < -0.4 is 5.73 Å². The number of nitrogens with two attached hydrogens (primary N) is 1. The highest BCUT2D eigenvalue weighted by Crippen LogP contribution is 2.32. The van der Waals surface area contributed by atoms with Crippen molar-refractivity contribution in [2.45, 2.75) is 31.2 Å². The van der Waals surface area contributed by atoms with Crippen molar-refractivity contribution in [2.24, 2.45) is 5.73 Å². The lowest BCUT2D eigenvalue weighted by molar-refractivity contribution is 0.244. The Bertz CT molecular complexity index is 528. The largest absolute Gasteiger partial charge is 0.342 e. The first-order chi connectivity index (χ1) is 7.66. The molecule has 1 aromatic heterocycles. The Morgan fingerprint density at radius 2 is 2.25 bits per heavy atom. The van der Waals surface area contributed by atoms with Crippen LogP contribution in [0.3, 0.4) is 0 Å². The molecular weight excluding hydrogens is 205 g/mol. The van der Waals surface area contributed by atoms with E-state index in [4.69, 9.17) is 5.73 Å². The molecule has 0 aliphatic heterocycles. The molecule has 1 aliphatic carbocycles. The SMILES string of the molecule is NC1(Cc2nc3c(F)cccc3[nH]2)CCC1. The number of para-hydroxylation sites is 1. The molecule has 0 saturated heterocycles. The first-order valence-corrected chi connectivity index (χ1v) is 5.58. The zero-order valence-electron chi connectivity index (χ0n) is 8.96.